The van der Waals surface area contributed by atoms with Crippen LogP contribution in [0.4, 0.5) is 5.95 Å². The van der Waals surface area contributed by atoms with Gasteiger partial charge in [0.05, 0.1) is 24.7 Å². The third kappa shape index (κ3) is 6.35. The molecule has 1 aliphatic rings. The summed E-state index contributed by atoms with van der Waals surface area (Å²) in [6.45, 7) is 23.3. The molecule has 0 bridgehead atoms. The Morgan fingerprint density at radius 3 is 2.31 bits per heavy atom. The van der Waals surface area contributed by atoms with Crippen molar-refractivity contribution in [2.45, 2.75) is 109 Å². The second-order valence-corrected chi connectivity index (χ2v) is 23.5. The summed E-state index contributed by atoms with van der Waals surface area (Å²) >= 11 is 1.78. The third-order valence-electron chi connectivity index (χ3n) is 8.21. The lowest BCUT2D eigenvalue weighted by Crippen LogP contribution is -2.48. The number of ether oxygens (including phenoxy) is 1. The Hall–Kier alpha value is -0.986. The van der Waals surface area contributed by atoms with Crippen molar-refractivity contribution in [3.8, 4) is 0 Å². The maximum Gasteiger partial charge on any atom is 0.222 e. The van der Waals surface area contributed by atoms with Gasteiger partial charge in [0.25, 0.3) is 0 Å². The molecule has 3 heterocycles. The Bertz CT molecular complexity index is 1050. The molecule has 11 heteroatoms. The summed E-state index contributed by atoms with van der Waals surface area (Å²) in [5.41, 5.74) is 8.50. The van der Waals surface area contributed by atoms with Gasteiger partial charge in [-0.2, -0.15) is 16.7 Å². The smallest absolute Gasteiger partial charge is 0.222 e. The summed E-state index contributed by atoms with van der Waals surface area (Å²) < 4.78 is 22.2. The lowest BCUT2D eigenvalue weighted by atomic mass is 10.2. The van der Waals surface area contributed by atoms with Gasteiger partial charge in [-0.05, 0) is 48.3 Å². The molecular weight excluding hydrogens is 507 g/mol. The number of aryl methyl sites for hydroxylation is 1. The van der Waals surface area contributed by atoms with Crippen molar-refractivity contribution in [3.05, 3.63) is 12.0 Å². The van der Waals surface area contributed by atoms with Gasteiger partial charge in [0.15, 0.2) is 22.3 Å². The van der Waals surface area contributed by atoms with E-state index < -0.39 is 16.6 Å². The minimum atomic E-state index is -2.02. The van der Waals surface area contributed by atoms with Crippen LogP contribution in [0.25, 0.3) is 11.2 Å². The molecule has 2 aromatic rings. The van der Waals surface area contributed by atoms with Gasteiger partial charge in [0, 0.05) is 12.8 Å². The number of aromatic nitrogens is 4. The van der Waals surface area contributed by atoms with Gasteiger partial charge in [-0.3, -0.25) is 4.57 Å². The zero-order chi connectivity index (χ0) is 27.1. The molecule has 0 saturated carbocycles. The second kappa shape index (κ2) is 10.6. The zero-order valence-electron chi connectivity index (χ0n) is 24.1. The van der Waals surface area contributed by atoms with E-state index in [9.17, 15) is 0 Å². The average molecular weight is 554 g/mol. The Balaban J connectivity index is 1.92. The number of fused-ring (bicyclic) bond motifs is 1. The summed E-state index contributed by atoms with van der Waals surface area (Å²) in [5, 5.41) is 0.231. The lowest BCUT2D eigenvalue weighted by molar-refractivity contribution is -0.0383. The molecule has 1 fully saturated rings. The second-order valence-electron chi connectivity index (χ2n) is 12.9. The first-order valence-corrected chi connectivity index (χ1v) is 20.1. The van der Waals surface area contributed by atoms with Gasteiger partial charge in [0.2, 0.25) is 5.95 Å². The maximum absolute atomic E-state index is 6.92. The van der Waals surface area contributed by atoms with Crippen molar-refractivity contribution in [1.29, 1.82) is 0 Å². The summed E-state index contributed by atoms with van der Waals surface area (Å²) in [7, 11) is -3.96. The van der Waals surface area contributed by atoms with Gasteiger partial charge >= 0.3 is 0 Å². The number of nitrogen functional groups attached to an aromatic ring is 1. The number of hydrogen-bond donors (Lipinski definition) is 1. The molecule has 1 aliphatic heterocycles. The van der Waals surface area contributed by atoms with E-state index in [4.69, 9.17) is 19.3 Å². The van der Waals surface area contributed by atoms with Gasteiger partial charge in [-0.15, -0.1) is 0 Å². The summed E-state index contributed by atoms with van der Waals surface area (Å²) in [6.07, 6.45) is 4.94. The van der Waals surface area contributed by atoms with Crippen molar-refractivity contribution >= 4 is 45.5 Å². The number of rotatable bonds is 9. The minimum Gasteiger partial charge on any atom is -0.414 e. The molecular formula is C25H47N5O3SSi2. The minimum absolute atomic E-state index is 0.0618. The fourth-order valence-corrected chi connectivity index (χ4v) is 6.55. The largest absolute Gasteiger partial charge is 0.414 e. The molecule has 3 rings (SSSR count). The summed E-state index contributed by atoms with van der Waals surface area (Å²) in [4.78, 5) is 13.7. The van der Waals surface area contributed by atoms with E-state index in [1.54, 1.807) is 11.8 Å². The first-order valence-electron chi connectivity index (χ1n) is 12.9. The SMILES string of the molecule is CSCCc1nc(N)nc2c1ncn2[C@H]1C[C@H](O[Si](C)(C)C(C)(C)C)[C@@H](CO[Si](C)(C)C(C)(C)C)O1. The highest BCUT2D eigenvalue weighted by molar-refractivity contribution is 7.98. The molecule has 0 aromatic carbocycles. The van der Waals surface area contributed by atoms with E-state index in [-0.39, 0.29) is 34.5 Å². The molecule has 2 aromatic heterocycles. The van der Waals surface area contributed by atoms with Crippen molar-refractivity contribution in [2.75, 3.05) is 24.3 Å². The van der Waals surface area contributed by atoms with Crippen molar-refractivity contribution in [1.82, 2.24) is 19.5 Å². The van der Waals surface area contributed by atoms with Crippen molar-refractivity contribution in [2.24, 2.45) is 0 Å². The van der Waals surface area contributed by atoms with Crippen molar-refractivity contribution < 1.29 is 13.6 Å². The van der Waals surface area contributed by atoms with E-state index in [0.717, 1.165) is 29.0 Å². The van der Waals surface area contributed by atoms with E-state index in [1.807, 2.05) is 10.9 Å². The van der Waals surface area contributed by atoms with Crippen LogP contribution >= 0.6 is 11.8 Å². The molecule has 204 valence electrons. The van der Waals surface area contributed by atoms with Crippen LogP contribution in [0.5, 0.6) is 0 Å². The van der Waals surface area contributed by atoms with Crippen LogP contribution in [-0.4, -0.2) is 67.0 Å². The quantitative estimate of drug-likeness (QED) is 0.377. The molecule has 2 N–H and O–H groups in total. The average Bonchev–Trinajstić information content (AvgIpc) is 3.32. The number of imidazole rings is 1. The fourth-order valence-electron chi connectivity index (χ4n) is 3.78. The Labute approximate surface area is 223 Å². The predicted molar refractivity (Wildman–Crippen MR) is 156 cm³/mol. The number of nitrogens with zero attached hydrogens (tertiary/aromatic N) is 4. The van der Waals surface area contributed by atoms with E-state index in [1.165, 1.54) is 0 Å². The topological polar surface area (TPSA) is 97.3 Å². The van der Waals surface area contributed by atoms with Gasteiger partial charge in [-0.1, -0.05) is 41.5 Å². The molecule has 0 radical (unpaired) electrons. The Morgan fingerprint density at radius 1 is 1.08 bits per heavy atom. The van der Waals surface area contributed by atoms with Crippen LogP contribution in [-0.2, 0) is 20.0 Å². The maximum atomic E-state index is 6.92. The molecule has 36 heavy (non-hydrogen) atoms. The zero-order valence-corrected chi connectivity index (χ0v) is 27.0. The normalized spacial score (nSPS) is 22.0. The number of anilines is 1. The Kier molecular flexibility index (Phi) is 8.74. The standard InChI is InChI=1S/C25H47N5O3SSi2/c1-24(2,3)35(8,9)31-15-19-18(33-36(10,11)25(4,5)6)14-20(32-19)30-16-27-21-17(12-13-34-7)28-23(26)29-22(21)30/h16,18-20H,12-15H2,1-11H3,(H2,26,28,29)/t18-,19+,20+/m0/s1. The first-order chi connectivity index (χ1) is 16.5. The number of thioether (sulfide) groups is 1. The number of hydrogen-bond acceptors (Lipinski definition) is 8. The van der Waals surface area contributed by atoms with Crippen LogP contribution in [0.3, 0.4) is 0 Å². The molecule has 1 saturated heterocycles. The van der Waals surface area contributed by atoms with E-state index >= 15 is 0 Å². The van der Waals surface area contributed by atoms with Crippen LogP contribution in [0.1, 0.15) is 59.9 Å². The molecule has 8 nitrogen and oxygen atoms in total. The highest BCUT2D eigenvalue weighted by Crippen LogP contribution is 2.43. The van der Waals surface area contributed by atoms with Crippen LogP contribution < -0.4 is 5.73 Å². The molecule has 0 spiro atoms. The molecule has 0 unspecified atom stereocenters. The molecule has 0 amide bonds. The molecule has 3 atom stereocenters. The third-order valence-corrected chi connectivity index (χ3v) is 17.8. The van der Waals surface area contributed by atoms with E-state index in [2.05, 4.69) is 88.9 Å². The monoisotopic (exact) mass is 553 g/mol. The van der Waals surface area contributed by atoms with Crippen LogP contribution in [0.15, 0.2) is 6.33 Å². The van der Waals surface area contributed by atoms with Gasteiger partial charge < -0.3 is 19.3 Å². The van der Waals surface area contributed by atoms with Gasteiger partial charge in [0.1, 0.15) is 17.8 Å². The Morgan fingerprint density at radius 2 is 1.72 bits per heavy atom. The fraction of sp³-hybridized carbons (Fsp3) is 0.800. The van der Waals surface area contributed by atoms with Crippen LogP contribution in [0, 0.1) is 0 Å². The number of nitrogens with two attached hydrogens (primary N) is 1. The summed E-state index contributed by atoms with van der Waals surface area (Å²) in [5.74, 6) is 1.22. The predicted octanol–water partition coefficient (Wildman–Crippen LogP) is 6.01. The summed E-state index contributed by atoms with van der Waals surface area (Å²) in [6, 6.07) is 0. The van der Waals surface area contributed by atoms with Gasteiger partial charge in [-0.25, -0.2) is 9.97 Å². The lowest BCUT2D eigenvalue weighted by Gasteiger charge is -2.40. The molecule has 0 aliphatic carbocycles. The first kappa shape index (κ1) is 29.6. The van der Waals surface area contributed by atoms with E-state index in [0.29, 0.717) is 13.0 Å². The van der Waals surface area contributed by atoms with Crippen molar-refractivity contribution in [3.63, 3.8) is 0 Å². The van der Waals surface area contributed by atoms with Crippen LogP contribution in [0.2, 0.25) is 36.3 Å². The highest BCUT2D eigenvalue weighted by Gasteiger charge is 2.46. The highest BCUT2D eigenvalue weighted by atomic mass is 32.2.